The highest BCUT2D eigenvalue weighted by molar-refractivity contribution is 6.08. The third-order valence-electron chi connectivity index (χ3n) is 6.10. The summed E-state index contributed by atoms with van der Waals surface area (Å²) in [5, 5.41) is 11.3. The van der Waals surface area contributed by atoms with Crippen molar-refractivity contribution in [3.05, 3.63) is 98.1 Å². The Bertz CT molecular complexity index is 1760. The quantitative estimate of drug-likeness (QED) is 0.356. The van der Waals surface area contributed by atoms with Gasteiger partial charge in [-0.05, 0) is 54.4 Å². The predicted molar refractivity (Wildman–Crippen MR) is 130 cm³/mol. The summed E-state index contributed by atoms with van der Waals surface area (Å²) in [6.07, 6.45) is 1.45. The van der Waals surface area contributed by atoms with Crippen molar-refractivity contribution >= 4 is 27.8 Å². The Labute approximate surface area is 197 Å². The summed E-state index contributed by atoms with van der Waals surface area (Å²) in [4.78, 5) is 42.9. The SMILES string of the molecule is COc1ccc2c(Cn3c(C(=O)O)c(-c4ccc[nH]c4=O)c4cc(C)c(F)cc43)cc(=O)[nH]c2c1. The first-order valence-corrected chi connectivity index (χ1v) is 10.7. The van der Waals surface area contributed by atoms with Crippen molar-refractivity contribution in [1.29, 1.82) is 0 Å². The number of fused-ring (bicyclic) bond motifs is 2. The summed E-state index contributed by atoms with van der Waals surface area (Å²) in [5.41, 5.74) is 0.972. The number of pyridine rings is 2. The zero-order valence-electron chi connectivity index (χ0n) is 18.8. The Morgan fingerprint density at radius 2 is 1.91 bits per heavy atom. The maximum atomic E-state index is 14.7. The Hall–Kier alpha value is -4.66. The van der Waals surface area contributed by atoms with Gasteiger partial charge in [0.1, 0.15) is 17.3 Å². The van der Waals surface area contributed by atoms with Crippen LogP contribution >= 0.6 is 0 Å². The molecule has 5 rings (SSSR count). The number of benzene rings is 2. The van der Waals surface area contributed by atoms with Crippen molar-refractivity contribution in [1.82, 2.24) is 14.5 Å². The van der Waals surface area contributed by atoms with Crippen LogP contribution in [-0.4, -0.2) is 32.7 Å². The van der Waals surface area contributed by atoms with Crippen LogP contribution < -0.4 is 15.9 Å². The van der Waals surface area contributed by atoms with Gasteiger partial charge in [-0.25, -0.2) is 9.18 Å². The fraction of sp³-hybridized carbons (Fsp3) is 0.115. The van der Waals surface area contributed by atoms with E-state index in [9.17, 15) is 23.9 Å². The van der Waals surface area contributed by atoms with Gasteiger partial charge in [0.2, 0.25) is 5.56 Å². The van der Waals surface area contributed by atoms with Crippen molar-refractivity contribution in [2.45, 2.75) is 13.5 Å². The maximum Gasteiger partial charge on any atom is 0.353 e. The highest BCUT2D eigenvalue weighted by Gasteiger charge is 2.26. The van der Waals surface area contributed by atoms with E-state index in [2.05, 4.69) is 9.97 Å². The van der Waals surface area contributed by atoms with E-state index in [1.165, 1.54) is 42.1 Å². The maximum absolute atomic E-state index is 14.7. The smallest absolute Gasteiger partial charge is 0.353 e. The van der Waals surface area contributed by atoms with Crippen LogP contribution in [0.25, 0.3) is 32.9 Å². The highest BCUT2D eigenvalue weighted by atomic mass is 19.1. The number of aromatic carboxylic acids is 1. The number of halogens is 1. The number of hydrogen-bond acceptors (Lipinski definition) is 4. The van der Waals surface area contributed by atoms with E-state index in [1.807, 2.05) is 0 Å². The lowest BCUT2D eigenvalue weighted by Crippen LogP contribution is -2.15. The number of carboxylic acid groups (broad SMARTS) is 1. The first kappa shape index (κ1) is 22.1. The lowest BCUT2D eigenvalue weighted by molar-refractivity contribution is 0.0687. The van der Waals surface area contributed by atoms with E-state index in [-0.39, 0.29) is 28.9 Å². The van der Waals surface area contributed by atoms with Crippen LogP contribution in [-0.2, 0) is 6.54 Å². The van der Waals surface area contributed by atoms with E-state index in [1.54, 1.807) is 31.2 Å². The van der Waals surface area contributed by atoms with Crippen molar-refractivity contribution in [2.24, 2.45) is 0 Å². The third kappa shape index (κ3) is 3.67. The van der Waals surface area contributed by atoms with Crippen LogP contribution in [0.1, 0.15) is 21.6 Å². The number of methoxy groups -OCH3 is 1. The molecule has 0 amide bonds. The zero-order valence-corrected chi connectivity index (χ0v) is 18.8. The Kier molecular flexibility index (Phi) is 5.24. The van der Waals surface area contributed by atoms with E-state index >= 15 is 0 Å². The number of carboxylic acids is 1. The standard InChI is InChI=1S/C26H20FN3O5/c1-13-8-18-21(11-19(13)27)30(24(26(33)34)23(18)17-4-3-7-28-25(17)32)12-14-9-22(31)29-20-10-15(35-2)5-6-16(14)20/h3-11H,12H2,1-2H3,(H,28,32)(H,29,31)(H,33,34). The van der Waals surface area contributed by atoms with Gasteiger partial charge in [0.15, 0.2) is 0 Å². The largest absolute Gasteiger partial charge is 0.497 e. The molecule has 3 heterocycles. The topological polar surface area (TPSA) is 117 Å². The van der Waals surface area contributed by atoms with Crippen LogP contribution in [0.3, 0.4) is 0 Å². The number of aromatic amines is 2. The lowest BCUT2D eigenvalue weighted by atomic mass is 10.0. The molecule has 0 saturated carbocycles. The number of aryl methyl sites for hydroxylation is 1. The van der Waals surface area contributed by atoms with Gasteiger partial charge in [-0.15, -0.1) is 0 Å². The Morgan fingerprint density at radius 1 is 1.11 bits per heavy atom. The number of H-pyrrole nitrogens is 2. The van der Waals surface area contributed by atoms with Crippen molar-refractivity contribution in [2.75, 3.05) is 7.11 Å². The summed E-state index contributed by atoms with van der Waals surface area (Å²) < 4.78 is 21.4. The van der Waals surface area contributed by atoms with Crippen molar-refractivity contribution in [3.63, 3.8) is 0 Å². The third-order valence-corrected chi connectivity index (χ3v) is 6.10. The summed E-state index contributed by atoms with van der Waals surface area (Å²) in [6, 6.07) is 12.5. The van der Waals surface area contributed by atoms with Crippen LogP contribution in [0, 0.1) is 12.7 Å². The molecule has 3 aromatic heterocycles. The lowest BCUT2D eigenvalue weighted by Gasteiger charge is -2.12. The normalized spacial score (nSPS) is 11.3. The second-order valence-electron chi connectivity index (χ2n) is 8.22. The molecule has 8 nitrogen and oxygen atoms in total. The van der Waals surface area contributed by atoms with E-state index in [0.717, 1.165) is 0 Å². The van der Waals surface area contributed by atoms with Crippen molar-refractivity contribution < 1.29 is 19.0 Å². The molecule has 0 aliphatic rings. The molecule has 0 unspecified atom stereocenters. The number of nitrogens with zero attached hydrogens (tertiary/aromatic N) is 1. The second-order valence-corrected chi connectivity index (χ2v) is 8.22. The van der Waals surface area contributed by atoms with Crippen LogP contribution in [0.2, 0.25) is 0 Å². The molecule has 0 aliphatic carbocycles. The zero-order chi connectivity index (χ0) is 24.9. The minimum atomic E-state index is -1.28. The number of aromatic nitrogens is 3. The molecule has 3 N–H and O–H groups in total. The number of rotatable bonds is 5. The molecule has 0 radical (unpaired) electrons. The van der Waals surface area contributed by atoms with E-state index < -0.39 is 17.3 Å². The molecular formula is C26H20FN3O5. The molecule has 0 saturated heterocycles. The number of ether oxygens (including phenoxy) is 1. The molecule has 0 aliphatic heterocycles. The van der Waals surface area contributed by atoms with Gasteiger partial charge in [0.05, 0.1) is 18.1 Å². The summed E-state index contributed by atoms with van der Waals surface area (Å²) in [7, 11) is 1.51. The molecule has 0 fully saturated rings. The molecule has 0 spiro atoms. The molecule has 176 valence electrons. The Morgan fingerprint density at radius 3 is 2.63 bits per heavy atom. The molecular weight excluding hydrogens is 453 g/mol. The first-order chi connectivity index (χ1) is 16.8. The predicted octanol–water partition coefficient (Wildman–Crippen LogP) is 4.04. The number of nitrogens with one attached hydrogen (secondary N) is 2. The molecule has 35 heavy (non-hydrogen) atoms. The van der Waals surface area contributed by atoms with Gasteiger partial charge >= 0.3 is 5.97 Å². The van der Waals surface area contributed by atoms with Gasteiger partial charge in [-0.2, -0.15) is 0 Å². The van der Waals surface area contributed by atoms with E-state index in [4.69, 9.17) is 4.74 Å². The van der Waals surface area contributed by atoms with Crippen LogP contribution in [0.5, 0.6) is 5.75 Å². The Balaban J connectivity index is 1.86. The summed E-state index contributed by atoms with van der Waals surface area (Å²) in [5.74, 6) is -1.25. The molecule has 5 aromatic rings. The minimum absolute atomic E-state index is 0.0435. The highest BCUT2D eigenvalue weighted by Crippen LogP contribution is 2.36. The molecule has 2 aromatic carbocycles. The van der Waals surface area contributed by atoms with Gasteiger partial charge in [-0.3, -0.25) is 9.59 Å². The van der Waals surface area contributed by atoms with Gasteiger partial charge in [0.25, 0.3) is 5.56 Å². The van der Waals surface area contributed by atoms with Gasteiger partial charge < -0.3 is 24.4 Å². The van der Waals surface area contributed by atoms with Crippen LogP contribution in [0.15, 0.2) is 64.3 Å². The molecule has 0 atom stereocenters. The molecule has 9 heteroatoms. The average molecular weight is 473 g/mol. The van der Waals surface area contributed by atoms with Gasteiger partial charge in [0, 0.05) is 46.8 Å². The molecule has 0 bridgehead atoms. The minimum Gasteiger partial charge on any atom is -0.497 e. The van der Waals surface area contributed by atoms with E-state index in [0.29, 0.717) is 38.7 Å². The fourth-order valence-electron chi connectivity index (χ4n) is 4.49. The monoisotopic (exact) mass is 473 g/mol. The number of carbonyl (C=O) groups is 1. The van der Waals surface area contributed by atoms with Crippen molar-refractivity contribution in [3.8, 4) is 16.9 Å². The number of hydrogen-bond donors (Lipinski definition) is 3. The van der Waals surface area contributed by atoms with Crippen LogP contribution in [0.4, 0.5) is 4.39 Å². The summed E-state index contributed by atoms with van der Waals surface area (Å²) in [6.45, 7) is 1.53. The first-order valence-electron chi connectivity index (χ1n) is 10.7. The fourth-order valence-corrected chi connectivity index (χ4v) is 4.49. The average Bonchev–Trinajstić information content (AvgIpc) is 3.12. The summed E-state index contributed by atoms with van der Waals surface area (Å²) >= 11 is 0. The second kappa shape index (κ2) is 8.28. The van der Waals surface area contributed by atoms with Gasteiger partial charge in [-0.1, -0.05) is 0 Å².